The highest BCUT2D eigenvalue weighted by molar-refractivity contribution is 6.31. The van der Waals surface area contributed by atoms with Crippen molar-refractivity contribution in [2.75, 3.05) is 0 Å². The van der Waals surface area contributed by atoms with Gasteiger partial charge in [0.15, 0.2) is 0 Å². The molecule has 92 valence electrons. The molecular formula is C17H9N3. The second-order valence-electron chi connectivity index (χ2n) is 5.05. The standard InChI is InChI=1S/C17H9N3/c1-2-6-13-11(5-1)12-7-3-4-10-8-9-14-16(15(10)12)17(13)19-20-18-14/h1-9H. The second-order valence-corrected chi connectivity index (χ2v) is 5.05. The van der Waals surface area contributed by atoms with Crippen molar-refractivity contribution in [2.45, 2.75) is 0 Å². The Hall–Kier alpha value is -2.81. The number of hydrogen-bond donors (Lipinski definition) is 0. The van der Waals surface area contributed by atoms with E-state index in [1.807, 2.05) is 12.1 Å². The van der Waals surface area contributed by atoms with Crippen molar-refractivity contribution in [3.05, 3.63) is 54.6 Å². The van der Waals surface area contributed by atoms with E-state index in [2.05, 4.69) is 57.9 Å². The molecule has 3 nitrogen and oxygen atoms in total. The lowest BCUT2D eigenvalue weighted by molar-refractivity contribution is 0.920. The van der Waals surface area contributed by atoms with E-state index in [9.17, 15) is 0 Å². The van der Waals surface area contributed by atoms with Gasteiger partial charge in [-0.15, -0.1) is 10.2 Å². The van der Waals surface area contributed by atoms with Crippen LogP contribution in [-0.2, 0) is 0 Å². The smallest absolute Gasteiger partial charge is 0.105 e. The van der Waals surface area contributed by atoms with Crippen LogP contribution in [0.4, 0.5) is 0 Å². The number of fused-ring (bicyclic) bond motifs is 3. The van der Waals surface area contributed by atoms with E-state index in [0.29, 0.717) is 0 Å². The summed E-state index contributed by atoms with van der Waals surface area (Å²) in [5, 5.41) is 19.6. The summed E-state index contributed by atoms with van der Waals surface area (Å²) >= 11 is 0. The Labute approximate surface area is 114 Å². The van der Waals surface area contributed by atoms with Gasteiger partial charge in [-0.2, -0.15) is 0 Å². The first kappa shape index (κ1) is 10.0. The van der Waals surface area contributed by atoms with Gasteiger partial charge in [0.1, 0.15) is 5.52 Å². The third-order valence-electron chi connectivity index (χ3n) is 4.03. The van der Waals surface area contributed by atoms with Crippen molar-refractivity contribution in [3.63, 3.8) is 0 Å². The highest BCUT2D eigenvalue weighted by atomic mass is 15.3. The Kier molecular flexibility index (Phi) is 1.70. The van der Waals surface area contributed by atoms with Gasteiger partial charge in [-0.3, -0.25) is 0 Å². The number of rotatable bonds is 0. The molecule has 0 atom stereocenters. The molecule has 3 heteroatoms. The average Bonchev–Trinajstić information content (AvgIpc) is 2.53. The predicted octanol–water partition coefficient (Wildman–Crippen LogP) is 3.92. The zero-order chi connectivity index (χ0) is 13.1. The van der Waals surface area contributed by atoms with Crippen LogP contribution >= 0.6 is 0 Å². The highest BCUT2D eigenvalue weighted by Crippen LogP contribution is 2.38. The van der Waals surface area contributed by atoms with Crippen molar-refractivity contribution in [2.24, 2.45) is 0 Å². The lowest BCUT2D eigenvalue weighted by Crippen LogP contribution is -1.94. The van der Waals surface area contributed by atoms with Crippen LogP contribution in [0.3, 0.4) is 0 Å². The molecule has 1 heterocycles. The fourth-order valence-electron chi connectivity index (χ4n) is 3.19. The number of hydrogen-bond acceptors (Lipinski definition) is 3. The van der Waals surface area contributed by atoms with Crippen molar-refractivity contribution in [1.29, 1.82) is 0 Å². The quantitative estimate of drug-likeness (QED) is 0.311. The minimum absolute atomic E-state index is 0.907. The molecule has 5 rings (SSSR count). The van der Waals surface area contributed by atoms with Gasteiger partial charge in [-0.1, -0.05) is 48.5 Å². The van der Waals surface area contributed by atoms with Crippen molar-refractivity contribution in [3.8, 4) is 0 Å². The van der Waals surface area contributed by atoms with E-state index in [4.69, 9.17) is 0 Å². The van der Waals surface area contributed by atoms with Crippen LogP contribution in [0.1, 0.15) is 0 Å². The molecule has 1 aromatic heterocycles. The van der Waals surface area contributed by atoms with E-state index in [0.717, 1.165) is 21.8 Å². The maximum atomic E-state index is 4.30. The molecule has 0 fully saturated rings. The van der Waals surface area contributed by atoms with Crippen LogP contribution in [0, 0.1) is 0 Å². The summed E-state index contributed by atoms with van der Waals surface area (Å²) in [6, 6.07) is 18.9. The maximum absolute atomic E-state index is 4.30. The maximum Gasteiger partial charge on any atom is 0.105 e. The molecule has 0 unspecified atom stereocenters. The number of benzene rings is 4. The lowest BCUT2D eigenvalue weighted by atomic mass is 9.93. The van der Waals surface area contributed by atoms with Gasteiger partial charge in [-0.25, -0.2) is 0 Å². The third-order valence-corrected chi connectivity index (χ3v) is 4.03. The van der Waals surface area contributed by atoms with Crippen LogP contribution in [0.15, 0.2) is 54.6 Å². The van der Waals surface area contributed by atoms with E-state index >= 15 is 0 Å². The minimum atomic E-state index is 0.907. The Balaban J connectivity index is 2.33. The molecule has 0 aliphatic heterocycles. The first-order valence-corrected chi connectivity index (χ1v) is 6.58. The van der Waals surface area contributed by atoms with Crippen LogP contribution < -0.4 is 0 Å². The molecule has 0 spiro atoms. The molecular weight excluding hydrogens is 246 g/mol. The Morgan fingerprint density at radius 1 is 0.600 bits per heavy atom. The predicted molar refractivity (Wildman–Crippen MR) is 81.0 cm³/mol. The second kappa shape index (κ2) is 3.39. The molecule has 4 aromatic carbocycles. The first-order valence-electron chi connectivity index (χ1n) is 6.58. The van der Waals surface area contributed by atoms with E-state index < -0.39 is 0 Å². The molecule has 0 amide bonds. The Morgan fingerprint density at radius 2 is 1.45 bits per heavy atom. The first-order chi connectivity index (χ1) is 9.93. The fraction of sp³-hybridized carbons (Fsp3) is 0. The molecule has 0 radical (unpaired) electrons. The van der Waals surface area contributed by atoms with E-state index in [-0.39, 0.29) is 0 Å². The SMILES string of the molecule is c1ccc2c(c1)c1cccc3ccc4nnnc2c4c31. The van der Waals surface area contributed by atoms with Crippen LogP contribution in [0.25, 0.3) is 43.4 Å². The molecule has 0 aliphatic carbocycles. The van der Waals surface area contributed by atoms with Gasteiger partial charge in [-0.05, 0) is 27.4 Å². The normalized spacial score (nSPS) is 12.0. The van der Waals surface area contributed by atoms with Gasteiger partial charge in [0.25, 0.3) is 0 Å². The molecule has 0 saturated heterocycles. The van der Waals surface area contributed by atoms with Gasteiger partial charge < -0.3 is 0 Å². The Morgan fingerprint density at radius 3 is 2.40 bits per heavy atom. The van der Waals surface area contributed by atoms with Crippen LogP contribution in [-0.4, -0.2) is 15.4 Å². The van der Waals surface area contributed by atoms with Crippen molar-refractivity contribution < 1.29 is 0 Å². The average molecular weight is 255 g/mol. The summed E-state index contributed by atoms with van der Waals surface area (Å²) in [6.07, 6.45) is 0. The highest BCUT2D eigenvalue weighted by Gasteiger charge is 2.14. The summed E-state index contributed by atoms with van der Waals surface area (Å²) in [5.74, 6) is 0. The van der Waals surface area contributed by atoms with Gasteiger partial charge in [0.05, 0.1) is 5.52 Å². The summed E-state index contributed by atoms with van der Waals surface area (Å²) < 4.78 is 0. The molecule has 0 N–H and O–H groups in total. The minimum Gasteiger partial charge on any atom is -0.130 e. The zero-order valence-corrected chi connectivity index (χ0v) is 10.5. The molecule has 0 bridgehead atoms. The summed E-state index contributed by atoms with van der Waals surface area (Å²) in [5.41, 5.74) is 1.85. The molecule has 0 aliphatic rings. The molecule has 5 aromatic rings. The number of nitrogens with zero attached hydrogens (tertiary/aromatic N) is 3. The van der Waals surface area contributed by atoms with Gasteiger partial charge in [0.2, 0.25) is 0 Å². The lowest BCUT2D eigenvalue weighted by Gasteiger charge is -2.11. The van der Waals surface area contributed by atoms with Gasteiger partial charge in [0, 0.05) is 16.2 Å². The Bertz CT molecular complexity index is 1010. The summed E-state index contributed by atoms with van der Waals surface area (Å²) in [6.45, 7) is 0. The summed E-state index contributed by atoms with van der Waals surface area (Å²) in [7, 11) is 0. The monoisotopic (exact) mass is 255 g/mol. The summed E-state index contributed by atoms with van der Waals surface area (Å²) in [4.78, 5) is 0. The van der Waals surface area contributed by atoms with E-state index in [1.54, 1.807) is 0 Å². The van der Waals surface area contributed by atoms with Crippen molar-refractivity contribution in [1.82, 2.24) is 15.4 Å². The molecule has 0 saturated carbocycles. The van der Waals surface area contributed by atoms with Crippen molar-refractivity contribution >= 4 is 43.4 Å². The largest absolute Gasteiger partial charge is 0.130 e. The van der Waals surface area contributed by atoms with E-state index in [1.165, 1.54) is 21.5 Å². The van der Waals surface area contributed by atoms with Crippen LogP contribution in [0.5, 0.6) is 0 Å². The fourth-order valence-corrected chi connectivity index (χ4v) is 3.19. The van der Waals surface area contributed by atoms with Gasteiger partial charge >= 0.3 is 0 Å². The zero-order valence-electron chi connectivity index (χ0n) is 10.5. The van der Waals surface area contributed by atoms with Crippen LogP contribution in [0.2, 0.25) is 0 Å². The molecule has 20 heavy (non-hydrogen) atoms. The number of aromatic nitrogens is 3. The third kappa shape index (κ3) is 1.08. The topological polar surface area (TPSA) is 38.7 Å².